The monoisotopic (exact) mass is 467 g/mol. The van der Waals surface area contributed by atoms with Crippen LogP contribution in [0.5, 0.6) is 5.75 Å². The maximum absolute atomic E-state index is 12.9. The van der Waals surface area contributed by atoms with Crippen molar-refractivity contribution in [3.8, 4) is 16.2 Å². The summed E-state index contributed by atoms with van der Waals surface area (Å²) in [5.41, 5.74) is 2.19. The molecular formula is C23H21N3O4S2. The Kier molecular flexibility index (Phi) is 5.94. The van der Waals surface area contributed by atoms with Crippen molar-refractivity contribution in [1.29, 1.82) is 0 Å². The zero-order chi connectivity index (χ0) is 22.9. The lowest BCUT2D eigenvalue weighted by atomic mass is 10.2. The van der Waals surface area contributed by atoms with Gasteiger partial charge in [0.2, 0.25) is 0 Å². The molecule has 2 aromatic carbocycles. The maximum atomic E-state index is 12.9. The molecule has 9 heteroatoms. The van der Waals surface area contributed by atoms with E-state index in [1.165, 1.54) is 28.5 Å². The third-order valence-corrected chi connectivity index (χ3v) is 7.78. The van der Waals surface area contributed by atoms with Gasteiger partial charge in [-0.15, -0.1) is 11.3 Å². The second-order valence-corrected chi connectivity index (χ2v) is 10.6. The van der Waals surface area contributed by atoms with Crippen LogP contribution < -0.4 is 10.3 Å². The molecule has 164 valence electrons. The summed E-state index contributed by atoms with van der Waals surface area (Å²) in [4.78, 5) is 31.1. The number of rotatable bonds is 5. The zero-order valence-electron chi connectivity index (χ0n) is 17.8. The molecule has 0 spiro atoms. The molecule has 1 unspecified atom stereocenters. The highest BCUT2D eigenvalue weighted by molar-refractivity contribution is 7.93. The van der Waals surface area contributed by atoms with Crippen LogP contribution in [0.4, 0.5) is 0 Å². The molecule has 2 heterocycles. The number of carbonyl (C=O) groups excluding carboxylic acids is 1. The quantitative estimate of drug-likeness (QED) is 0.440. The van der Waals surface area contributed by atoms with E-state index < -0.39 is 15.6 Å². The second kappa shape index (κ2) is 8.68. The predicted octanol–water partition coefficient (Wildman–Crippen LogP) is 4.13. The van der Waals surface area contributed by atoms with Crippen molar-refractivity contribution in [2.75, 3.05) is 13.4 Å². The Morgan fingerprint density at radius 2 is 1.84 bits per heavy atom. The van der Waals surface area contributed by atoms with Crippen LogP contribution in [0.3, 0.4) is 0 Å². The molecule has 7 nitrogen and oxygen atoms in total. The standard InChI is InChI=1S/C23H21N3O4S2/c1-15-4-10-18(11-5-15)32(3,29)25-21(27)13-26-14-24-19-12-20(31-22(19)23(26)28)16-6-8-17(30-2)9-7-16/h4-12,14H,13H2,1-3H3. The predicted molar refractivity (Wildman–Crippen MR) is 127 cm³/mol. The maximum Gasteiger partial charge on any atom is 0.274 e. The highest BCUT2D eigenvalue weighted by Crippen LogP contribution is 2.31. The first-order valence-electron chi connectivity index (χ1n) is 9.72. The number of aromatic nitrogens is 2. The lowest BCUT2D eigenvalue weighted by Crippen LogP contribution is -2.23. The Hall–Kier alpha value is -3.30. The van der Waals surface area contributed by atoms with Crippen LogP contribution in [0.1, 0.15) is 5.56 Å². The van der Waals surface area contributed by atoms with E-state index in [1.54, 1.807) is 19.2 Å². The van der Waals surface area contributed by atoms with E-state index in [0.717, 1.165) is 21.8 Å². The summed E-state index contributed by atoms with van der Waals surface area (Å²) < 4.78 is 23.6. The molecule has 0 aliphatic heterocycles. The van der Waals surface area contributed by atoms with Gasteiger partial charge in [-0.3, -0.25) is 14.2 Å². The molecule has 0 aliphatic rings. The molecule has 2 aromatic heterocycles. The molecule has 1 amide bonds. The number of fused-ring (bicyclic) bond motifs is 1. The van der Waals surface area contributed by atoms with Gasteiger partial charge in [0.25, 0.3) is 11.5 Å². The minimum Gasteiger partial charge on any atom is -0.497 e. The Morgan fingerprint density at radius 1 is 1.16 bits per heavy atom. The van der Waals surface area contributed by atoms with Crippen molar-refractivity contribution < 1.29 is 13.7 Å². The molecule has 0 N–H and O–H groups in total. The summed E-state index contributed by atoms with van der Waals surface area (Å²) in [5.74, 6) is 0.101. The van der Waals surface area contributed by atoms with Crippen LogP contribution >= 0.6 is 11.3 Å². The normalized spacial score (nSPS) is 13.0. The average Bonchev–Trinajstić information content (AvgIpc) is 3.21. The minimum absolute atomic E-state index is 0.325. The molecule has 0 saturated carbocycles. The lowest BCUT2D eigenvalue weighted by Gasteiger charge is -2.06. The first-order chi connectivity index (χ1) is 15.3. The van der Waals surface area contributed by atoms with E-state index in [2.05, 4.69) is 9.35 Å². The van der Waals surface area contributed by atoms with Crippen molar-refractivity contribution >= 4 is 37.2 Å². The zero-order valence-corrected chi connectivity index (χ0v) is 19.4. The van der Waals surface area contributed by atoms with Gasteiger partial charge in [0, 0.05) is 16.0 Å². The number of nitrogens with zero attached hydrogens (tertiary/aromatic N) is 3. The van der Waals surface area contributed by atoms with Gasteiger partial charge in [0.1, 0.15) is 17.0 Å². The number of aryl methyl sites for hydroxylation is 1. The molecule has 0 bridgehead atoms. The number of ether oxygens (including phenoxy) is 1. The van der Waals surface area contributed by atoms with Crippen LogP contribution in [0.15, 0.2) is 75.0 Å². The molecule has 0 aliphatic carbocycles. The Bertz CT molecular complexity index is 1480. The van der Waals surface area contributed by atoms with E-state index in [0.29, 0.717) is 15.1 Å². The highest BCUT2D eigenvalue weighted by atomic mass is 32.2. The number of carbonyl (C=O) groups is 1. The first-order valence-corrected chi connectivity index (χ1v) is 12.5. The Labute approximate surface area is 189 Å². The molecular weight excluding hydrogens is 446 g/mol. The number of thiophene rings is 1. The number of hydrogen-bond donors (Lipinski definition) is 0. The SMILES string of the molecule is COc1ccc(-c2cc3ncn(CC(=O)N=S(C)(=O)c4ccc(C)cc4)c(=O)c3s2)cc1. The van der Waals surface area contributed by atoms with Crippen LogP contribution in [0, 0.1) is 6.92 Å². The number of benzene rings is 2. The van der Waals surface area contributed by atoms with Crippen LogP contribution in [0.2, 0.25) is 0 Å². The minimum atomic E-state index is -2.91. The summed E-state index contributed by atoms with van der Waals surface area (Å²) in [6, 6.07) is 16.4. The molecule has 0 radical (unpaired) electrons. The summed E-state index contributed by atoms with van der Waals surface area (Å²) in [6.07, 6.45) is 2.74. The Balaban J connectivity index is 1.62. The van der Waals surface area contributed by atoms with Gasteiger partial charge < -0.3 is 4.74 Å². The third kappa shape index (κ3) is 4.49. The summed E-state index contributed by atoms with van der Waals surface area (Å²) >= 11 is 1.31. The number of hydrogen-bond acceptors (Lipinski definition) is 6. The summed E-state index contributed by atoms with van der Waals surface area (Å²) in [5, 5.41) is 0. The topological polar surface area (TPSA) is 90.6 Å². The third-order valence-electron chi connectivity index (χ3n) is 4.92. The highest BCUT2D eigenvalue weighted by Gasteiger charge is 2.14. The smallest absolute Gasteiger partial charge is 0.274 e. The van der Waals surface area contributed by atoms with E-state index in [-0.39, 0.29) is 12.1 Å². The van der Waals surface area contributed by atoms with E-state index in [4.69, 9.17) is 4.74 Å². The largest absolute Gasteiger partial charge is 0.497 e. The Morgan fingerprint density at radius 3 is 2.50 bits per heavy atom. The van der Waals surface area contributed by atoms with Gasteiger partial charge in [-0.2, -0.15) is 4.36 Å². The fourth-order valence-electron chi connectivity index (χ4n) is 3.17. The van der Waals surface area contributed by atoms with Crippen LogP contribution in [0.25, 0.3) is 20.7 Å². The molecule has 4 aromatic rings. The molecule has 0 fully saturated rings. The second-order valence-electron chi connectivity index (χ2n) is 7.33. The van der Waals surface area contributed by atoms with Crippen molar-refractivity contribution in [3.05, 3.63) is 76.8 Å². The van der Waals surface area contributed by atoms with Crippen molar-refractivity contribution in [2.45, 2.75) is 18.4 Å². The molecule has 0 saturated heterocycles. The first kappa shape index (κ1) is 21.9. The van der Waals surface area contributed by atoms with Gasteiger partial charge in [-0.1, -0.05) is 17.7 Å². The average molecular weight is 468 g/mol. The van der Waals surface area contributed by atoms with Gasteiger partial charge in [-0.05, 0) is 55.0 Å². The van der Waals surface area contributed by atoms with Crippen molar-refractivity contribution in [1.82, 2.24) is 9.55 Å². The fraction of sp³-hybridized carbons (Fsp3) is 0.174. The van der Waals surface area contributed by atoms with Crippen molar-refractivity contribution in [3.63, 3.8) is 0 Å². The van der Waals surface area contributed by atoms with Crippen LogP contribution in [-0.4, -0.2) is 33.0 Å². The molecule has 1 atom stereocenters. The van der Waals surface area contributed by atoms with Gasteiger partial charge in [0.05, 0.1) is 28.7 Å². The summed E-state index contributed by atoms with van der Waals surface area (Å²) in [7, 11) is -1.30. The van der Waals surface area contributed by atoms with Gasteiger partial charge in [0.15, 0.2) is 0 Å². The number of amides is 1. The lowest BCUT2D eigenvalue weighted by molar-refractivity contribution is -0.118. The fourth-order valence-corrected chi connectivity index (χ4v) is 5.43. The van der Waals surface area contributed by atoms with E-state index in [1.807, 2.05) is 49.4 Å². The van der Waals surface area contributed by atoms with E-state index >= 15 is 0 Å². The van der Waals surface area contributed by atoms with Gasteiger partial charge >= 0.3 is 0 Å². The number of methoxy groups -OCH3 is 1. The van der Waals surface area contributed by atoms with E-state index in [9.17, 15) is 13.8 Å². The summed E-state index contributed by atoms with van der Waals surface area (Å²) in [6.45, 7) is 1.60. The van der Waals surface area contributed by atoms with Crippen LogP contribution in [-0.2, 0) is 21.1 Å². The van der Waals surface area contributed by atoms with Crippen molar-refractivity contribution in [2.24, 2.45) is 4.36 Å². The van der Waals surface area contributed by atoms with Gasteiger partial charge in [-0.25, -0.2) is 9.19 Å². The molecule has 4 rings (SSSR count). The molecule has 32 heavy (non-hydrogen) atoms.